The number of hydrogen-bond donors (Lipinski definition) is 1. The molecule has 0 atom stereocenters. The Bertz CT molecular complexity index is 499. The summed E-state index contributed by atoms with van der Waals surface area (Å²) in [7, 11) is 0. The summed E-state index contributed by atoms with van der Waals surface area (Å²) in [5.74, 6) is 1.23. The number of phenols is 1. The van der Waals surface area contributed by atoms with E-state index in [1.54, 1.807) is 6.07 Å². The third-order valence-electron chi connectivity index (χ3n) is 1.96. The standard InChI is InChI=1S/C10H8Cl2N2O2/c11-4-3-9-13-14-10(16-9)7-5-6(15)1-2-8(7)12/h1-2,5,15H,3-4H2. The number of rotatable bonds is 3. The first-order valence-corrected chi connectivity index (χ1v) is 5.49. The quantitative estimate of drug-likeness (QED) is 0.861. The van der Waals surface area contributed by atoms with Crippen molar-refractivity contribution >= 4 is 23.2 Å². The van der Waals surface area contributed by atoms with E-state index in [-0.39, 0.29) is 11.6 Å². The maximum absolute atomic E-state index is 9.34. The smallest absolute Gasteiger partial charge is 0.249 e. The van der Waals surface area contributed by atoms with Crippen LogP contribution in [0.2, 0.25) is 5.02 Å². The van der Waals surface area contributed by atoms with Gasteiger partial charge in [-0.25, -0.2) is 0 Å². The van der Waals surface area contributed by atoms with Crippen LogP contribution < -0.4 is 0 Å². The molecule has 1 heterocycles. The van der Waals surface area contributed by atoms with Crippen molar-refractivity contribution in [3.05, 3.63) is 29.1 Å². The number of phenolic OH excluding ortho intramolecular Hbond substituents is 1. The van der Waals surface area contributed by atoms with Gasteiger partial charge in [0.15, 0.2) is 0 Å². The molecule has 0 spiro atoms. The highest BCUT2D eigenvalue weighted by molar-refractivity contribution is 6.33. The number of benzene rings is 1. The molecule has 0 aliphatic heterocycles. The third-order valence-corrected chi connectivity index (χ3v) is 2.47. The molecule has 4 nitrogen and oxygen atoms in total. The van der Waals surface area contributed by atoms with Crippen molar-refractivity contribution in [2.75, 3.05) is 5.88 Å². The van der Waals surface area contributed by atoms with Gasteiger partial charge < -0.3 is 9.52 Å². The Balaban J connectivity index is 2.38. The van der Waals surface area contributed by atoms with Crippen LogP contribution in [0.3, 0.4) is 0 Å². The molecule has 2 rings (SSSR count). The second kappa shape index (κ2) is 4.72. The van der Waals surface area contributed by atoms with Gasteiger partial charge in [0.2, 0.25) is 11.8 Å². The van der Waals surface area contributed by atoms with Crippen molar-refractivity contribution in [3.63, 3.8) is 0 Å². The Morgan fingerprint density at radius 2 is 2.12 bits per heavy atom. The molecule has 0 aliphatic carbocycles. The molecule has 0 aliphatic rings. The third kappa shape index (κ3) is 2.28. The Hall–Kier alpha value is -1.26. The molecule has 6 heteroatoms. The van der Waals surface area contributed by atoms with Crippen molar-refractivity contribution in [2.45, 2.75) is 6.42 Å². The predicted molar refractivity (Wildman–Crippen MR) is 60.8 cm³/mol. The van der Waals surface area contributed by atoms with E-state index in [0.717, 1.165) is 0 Å². The summed E-state index contributed by atoms with van der Waals surface area (Å²) < 4.78 is 5.34. The van der Waals surface area contributed by atoms with Gasteiger partial charge in [-0.2, -0.15) is 0 Å². The van der Waals surface area contributed by atoms with E-state index >= 15 is 0 Å². The normalized spacial score (nSPS) is 10.6. The molecule has 0 bridgehead atoms. The second-order valence-electron chi connectivity index (χ2n) is 3.10. The Morgan fingerprint density at radius 1 is 1.31 bits per heavy atom. The average molecular weight is 259 g/mol. The molecule has 0 unspecified atom stereocenters. The topological polar surface area (TPSA) is 59.2 Å². The van der Waals surface area contributed by atoms with Crippen molar-refractivity contribution in [1.82, 2.24) is 10.2 Å². The zero-order chi connectivity index (χ0) is 11.5. The fourth-order valence-electron chi connectivity index (χ4n) is 1.22. The molecular formula is C10H8Cl2N2O2. The van der Waals surface area contributed by atoms with Crippen LogP contribution in [-0.4, -0.2) is 21.2 Å². The first-order chi connectivity index (χ1) is 7.70. The zero-order valence-corrected chi connectivity index (χ0v) is 9.66. The van der Waals surface area contributed by atoms with Crippen molar-refractivity contribution in [2.24, 2.45) is 0 Å². The maximum atomic E-state index is 9.34. The van der Waals surface area contributed by atoms with E-state index in [1.165, 1.54) is 12.1 Å². The first kappa shape index (κ1) is 11.2. The van der Waals surface area contributed by atoms with Crippen molar-refractivity contribution in [3.8, 4) is 17.2 Å². The average Bonchev–Trinajstić information content (AvgIpc) is 2.71. The molecule has 2 aromatic rings. The zero-order valence-electron chi connectivity index (χ0n) is 8.15. The molecule has 0 amide bonds. The number of nitrogens with zero attached hydrogens (tertiary/aromatic N) is 2. The van der Waals surface area contributed by atoms with Crippen LogP contribution in [0, 0.1) is 0 Å². The van der Waals surface area contributed by atoms with Gasteiger partial charge in [-0.05, 0) is 18.2 Å². The van der Waals surface area contributed by atoms with E-state index < -0.39 is 0 Å². The number of aromatic nitrogens is 2. The van der Waals surface area contributed by atoms with Crippen LogP contribution in [0.4, 0.5) is 0 Å². The fourth-order valence-corrected chi connectivity index (χ4v) is 1.58. The monoisotopic (exact) mass is 258 g/mol. The molecule has 84 valence electrons. The van der Waals surface area contributed by atoms with Crippen LogP contribution in [-0.2, 0) is 6.42 Å². The molecule has 0 saturated carbocycles. The molecule has 1 N–H and O–H groups in total. The minimum atomic E-state index is 0.0940. The lowest BCUT2D eigenvalue weighted by atomic mass is 10.2. The lowest BCUT2D eigenvalue weighted by molar-refractivity contribution is 0.474. The van der Waals surface area contributed by atoms with E-state index in [0.29, 0.717) is 28.8 Å². The van der Waals surface area contributed by atoms with Gasteiger partial charge in [0.05, 0.1) is 10.6 Å². The summed E-state index contributed by atoms with van der Waals surface area (Å²) in [5, 5.41) is 17.4. The summed E-state index contributed by atoms with van der Waals surface area (Å²) in [5.41, 5.74) is 0.509. The van der Waals surface area contributed by atoms with Gasteiger partial charge in [-0.15, -0.1) is 21.8 Å². The molecule has 0 saturated heterocycles. The van der Waals surface area contributed by atoms with Crippen LogP contribution in [0.15, 0.2) is 22.6 Å². The van der Waals surface area contributed by atoms with Gasteiger partial charge in [-0.3, -0.25) is 0 Å². The SMILES string of the molecule is Oc1ccc(Cl)c(-c2nnc(CCCl)o2)c1. The van der Waals surface area contributed by atoms with Crippen molar-refractivity contribution < 1.29 is 9.52 Å². The van der Waals surface area contributed by atoms with E-state index in [9.17, 15) is 5.11 Å². The minimum absolute atomic E-state index is 0.0940. The molecule has 16 heavy (non-hydrogen) atoms. The summed E-state index contributed by atoms with van der Waals surface area (Å²) in [6.07, 6.45) is 0.505. The molecule has 1 aromatic heterocycles. The van der Waals surface area contributed by atoms with Crippen LogP contribution >= 0.6 is 23.2 Å². The fraction of sp³-hybridized carbons (Fsp3) is 0.200. The summed E-state index contributed by atoms with van der Waals surface area (Å²) in [4.78, 5) is 0. The van der Waals surface area contributed by atoms with E-state index in [1.807, 2.05) is 0 Å². The summed E-state index contributed by atoms with van der Waals surface area (Å²) in [6, 6.07) is 4.53. The number of aryl methyl sites for hydroxylation is 1. The highest BCUT2D eigenvalue weighted by atomic mass is 35.5. The number of aromatic hydroxyl groups is 1. The van der Waals surface area contributed by atoms with Crippen LogP contribution in [0.1, 0.15) is 5.89 Å². The van der Waals surface area contributed by atoms with Gasteiger partial charge in [0.25, 0.3) is 0 Å². The number of hydrogen-bond acceptors (Lipinski definition) is 4. The number of halogens is 2. The van der Waals surface area contributed by atoms with Gasteiger partial charge in [0, 0.05) is 12.3 Å². The highest BCUT2D eigenvalue weighted by Crippen LogP contribution is 2.30. The first-order valence-electron chi connectivity index (χ1n) is 4.58. The van der Waals surface area contributed by atoms with Gasteiger partial charge in [-0.1, -0.05) is 11.6 Å². The maximum Gasteiger partial charge on any atom is 0.249 e. The van der Waals surface area contributed by atoms with Crippen molar-refractivity contribution in [1.29, 1.82) is 0 Å². The lowest BCUT2D eigenvalue weighted by Gasteiger charge is -1.99. The molecule has 0 radical (unpaired) electrons. The minimum Gasteiger partial charge on any atom is -0.508 e. The van der Waals surface area contributed by atoms with E-state index in [2.05, 4.69) is 10.2 Å². The largest absolute Gasteiger partial charge is 0.508 e. The molecule has 0 fully saturated rings. The Morgan fingerprint density at radius 3 is 2.88 bits per heavy atom. The molecule has 1 aromatic carbocycles. The van der Waals surface area contributed by atoms with Gasteiger partial charge >= 0.3 is 0 Å². The highest BCUT2D eigenvalue weighted by Gasteiger charge is 2.12. The second-order valence-corrected chi connectivity index (χ2v) is 3.89. The number of alkyl halides is 1. The summed E-state index contributed by atoms with van der Waals surface area (Å²) >= 11 is 11.5. The summed E-state index contributed by atoms with van der Waals surface area (Å²) in [6.45, 7) is 0. The Kier molecular flexibility index (Phi) is 3.31. The van der Waals surface area contributed by atoms with Gasteiger partial charge in [0.1, 0.15) is 5.75 Å². The van der Waals surface area contributed by atoms with Crippen LogP contribution in [0.25, 0.3) is 11.5 Å². The lowest BCUT2D eigenvalue weighted by Crippen LogP contribution is -1.84. The van der Waals surface area contributed by atoms with Crippen LogP contribution in [0.5, 0.6) is 5.75 Å². The Labute approximate surface area is 102 Å². The predicted octanol–water partition coefficient (Wildman–Crippen LogP) is 2.88. The molecular weight excluding hydrogens is 251 g/mol. The van der Waals surface area contributed by atoms with E-state index in [4.69, 9.17) is 27.6 Å².